The summed E-state index contributed by atoms with van der Waals surface area (Å²) < 4.78 is 33.9. The van der Waals surface area contributed by atoms with Crippen molar-refractivity contribution in [3.05, 3.63) is 63.9 Å². The molecule has 2 aliphatic heterocycles. The topological polar surface area (TPSA) is 71.5 Å². The number of benzene rings is 1. The van der Waals surface area contributed by atoms with Crippen LogP contribution >= 0.6 is 11.6 Å². The third-order valence-electron chi connectivity index (χ3n) is 6.16. The Hall–Kier alpha value is -2.58. The Kier molecular flexibility index (Phi) is 6.44. The fourth-order valence-electron chi connectivity index (χ4n) is 4.33. The summed E-state index contributed by atoms with van der Waals surface area (Å²) in [5, 5.41) is 2.53. The van der Waals surface area contributed by atoms with Crippen LogP contribution in [0.25, 0.3) is 0 Å². The molecule has 1 aromatic carbocycles. The Labute approximate surface area is 189 Å². The van der Waals surface area contributed by atoms with Gasteiger partial charge in [-0.05, 0) is 51.0 Å². The van der Waals surface area contributed by atoms with E-state index >= 15 is 0 Å². The van der Waals surface area contributed by atoms with E-state index in [0.29, 0.717) is 37.3 Å². The maximum absolute atomic E-state index is 14.6. The number of nitrogens with zero attached hydrogens (tertiary/aromatic N) is 2. The second kappa shape index (κ2) is 9.11. The van der Waals surface area contributed by atoms with Crippen LogP contribution in [0.1, 0.15) is 47.4 Å². The zero-order valence-electron chi connectivity index (χ0n) is 17.8. The summed E-state index contributed by atoms with van der Waals surface area (Å²) in [6.45, 7) is 4.31. The molecule has 2 fully saturated rings. The minimum Gasteiger partial charge on any atom is -0.381 e. The molecule has 9 heteroatoms. The number of carbonyl (C=O) groups excluding carboxylic acids is 2. The fraction of sp³-hybridized carbons (Fsp3) is 0.435. The van der Waals surface area contributed by atoms with Gasteiger partial charge in [-0.3, -0.25) is 14.6 Å². The number of nitrogens with one attached hydrogen (secondary N) is 1. The van der Waals surface area contributed by atoms with Gasteiger partial charge < -0.3 is 15.0 Å². The average Bonchev–Trinajstić information content (AvgIpc) is 3.10. The van der Waals surface area contributed by atoms with Gasteiger partial charge in [-0.2, -0.15) is 0 Å². The van der Waals surface area contributed by atoms with Crippen molar-refractivity contribution in [2.75, 3.05) is 13.2 Å². The molecule has 3 atom stereocenters. The van der Waals surface area contributed by atoms with Crippen LogP contribution in [0.2, 0.25) is 5.02 Å². The van der Waals surface area contributed by atoms with Crippen molar-refractivity contribution in [3.8, 4) is 0 Å². The molecule has 32 heavy (non-hydrogen) atoms. The molecule has 6 nitrogen and oxygen atoms in total. The monoisotopic (exact) mass is 463 g/mol. The minimum absolute atomic E-state index is 0.0160. The largest absolute Gasteiger partial charge is 0.381 e. The van der Waals surface area contributed by atoms with E-state index in [9.17, 15) is 18.4 Å². The molecule has 170 valence electrons. The van der Waals surface area contributed by atoms with Crippen molar-refractivity contribution >= 4 is 23.4 Å². The molecule has 0 unspecified atom stereocenters. The Morgan fingerprint density at radius 2 is 1.97 bits per heavy atom. The Bertz CT molecular complexity index is 1050. The Morgan fingerprint density at radius 1 is 1.22 bits per heavy atom. The van der Waals surface area contributed by atoms with Crippen LogP contribution in [-0.4, -0.2) is 47.0 Å². The van der Waals surface area contributed by atoms with Gasteiger partial charge in [0.2, 0.25) is 5.91 Å². The van der Waals surface area contributed by atoms with Gasteiger partial charge in [-0.1, -0.05) is 11.6 Å². The van der Waals surface area contributed by atoms with Crippen molar-refractivity contribution < 1.29 is 23.1 Å². The highest BCUT2D eigenvalue weighted by molar-refractivity contribution is 6.30. The molecule has 2 aromatic rings. The number of pyridine rings is 1. The molecule has 0 aliphatic carbocycles. The van der Waals surface area contributed by atoms with Crippen LogP contribution in [0.15, 0.2) is 30.5 Å². The smallest absolute Gasteiger partial charge is 0.254 e. The number of hydrogen-bond donors (Lipinski definition) is 1. The standard InChI is InChI=1S/C23H24ClF2N3O3/c1-12-7-14(5-6-27-12)23(31)29-13(2)3-4-20(29)22(30)28-21(15-10-32-11-15)16-8-19(26)17(24)9-18(16)25/h5-9,13,15,20-21H,3-4,10-11H2,1-2H3,(H,28,30)/t13-,20-,21-/m1/s1. The van der Waals surface area contributed by atoms with Gasteiger partial charge in [0.25, 0.3) is 5.91 Å². The van der Waals surface area contributed by atoms with Crippen molar-refractivity contribution in [1.82, 2.24) is 15.2 Å². The summed E-state index contributed by atoms with van der Waals surface area (Å²) in [5.74, 6) is -2.33. The molecular weight excluding hydrogens is 440 g/mol. The van der Waals surface area contributed by atoms with Crippen molar-refractivity contribution in [1.29, 1.82) is 0 Å². The van der Waals surface area contributed by atoms with E-state index in [-0.39, 0.29) is 28.5 Å². The lowest BCUT2D eigenvalue weighted by atomic mass is 9.90. The molecule has 2 amide bonds. The predicted molar refractivity (Wildman–Crippen MR) is 114 cm³/mol. The maximum atomic E-state index is 14.6. The van der Waals surface area contributed by atoms with E-state index in [1.165, 1.54) is 0 Å². The molecule has 0 spiro atoms. The van der Waals surface area contributed by atoms with Gasteiger partial charge >= 0.3 is 0 Å². The van der Waals surface area contributed by atoms with Crippen LogP contribution in [0.5, 0.6) is 0 Å². The molecule has 2 aliphatic rings. The van der Waals surface area contributed by atoms with E-state index in [1.807, 2.05) is 6.92 Å². The molecule has 0 saturated carbocycles. The number of ether oxygens (including phenoxy) is 1. The number of halogens is 3. The van der Waals surface area contributed by atoms with E-state index in [2.05, 4.69) is 10.3 Å². The van der Waals surface area contributed by atoms with Gasteiger partial charge in [-0.25, -0.2) is 8.78 Å². The lowest BCUT2D eigenvalue weighted by Gasteiger charge is -2.36. The van der Waals surface area contributed by atoms with E-state index in [4.69, 9.17) is 16.3 Å². The summed E-state index contributed by atoms with van der Waals surface area (Å²) in [7, 11) is 0. The van der Waals surface area contributed by atoms with E-state index < -0.39 is 29.6 Å². The maximum Gasteiger partial charge on any atom is 0.254 e. The Morgan fingerprint density at radius 3 is 2.62 bits per heavy atom. The highest BCUT2D eigenvalue weighted by atomic mass is 35.5. The zero-order valence-corrected chi connectivity index (χ0v) is 18.5. The predicted octanol–water partition coefficient (Wildman–Crippen LogP) is 3.82. The van der Waals surface area contributed by atoms with Gasteiger partial charge in [0.15, 0.2) is 0 Å². The molecule has 3 heterocycles. The SMILES string of the molecule is Cc1cc(C(=O)N2[C@H](C)CC[C@@H]2C(=O)N[C@@H](c2cc(F)c(Cl)cc2F)C2COC2)ccn1. The van der Waals surface area contributed by atoms with Crippen molar-refractivity contribution in [3.63, 3.8) is 0 Å². The lowest BCUT2D eigenvalue weighted by Crippen LogP contribution is -2.51. The summed E-state index contributed by atoms with van der Waals surface area (Å²) in [5.41, 5.74) is 1.18. The number of carbonyl (C=O) groups is 2. The summed E-state index contributed by atoms with van der Waals surface area (Å²) in [6.07, 6.45) is 2.70. The molecule has 4 rings (SSSR count). The van der Waals surface area contributed by atoms with Gasteiger partial charge in [0.05, 0.1) is 24.3 Å². The third-order valence-corrected chi connectivity index (χ3v) is 6.45. The van der Waals surface area contributed by atoms with Crippen molar-refractivity contribution in [2.24, 2.45) is 5.92 Å². The first kappa shape index (κ1) is 22.6. The number of aryl methyl sites for hydroxylation is 1. The summed E-state index contributed by atoms with van der Waals surface area (Å²) in [6, 6.07) is 3.58. The van der Waals surface area contributed by atoms with Gasteiger partial charge in [-0.15, -0.1) is 0 Å². The van der Waals surface area contributed by atoms with Gasteiger partial charge in [0, 0.05) is 35.0 Å². The van der Waals surface area contributed by atoms with Crippen LogP contribution in [0, 0.1) is 24.5 Å². The van der Waals surface area contributed by atoms with Crippen LogP contribution in [0.4, 0.5) is 8.78 Å². The molecule has 0 bridgehead atoms. The van der Waals surface area contributed by atoms with Crippen LogP contribution in [-0.2, 0) is 9.53 Å². The lowest BCUT2D eigenvalue weighted by molar-refractivity contribution is -0.128. The molecular formula is C23H24ClF2N3O3. The number of amides is 2. The van der Waals surface area contributed by atoms with Gasteiger partial charge in [0.1, 0.15) is 17.7 Å². The zero-order chi connectivity index (χ0) is 23.0. The first-order valence-electron chi connectivity index (χ1n) is 10.5. The number of hydrogen-bond acceptors (Lipinski definition) is 4. The van der Waals surface area contributed by atoms with Crippen LogP contribution in [0.3, 0.4) is 0 Å². The highest BCUT2D eigenvalue weighted by Gasteiger charge is 2.41. The number of aromatic nitrogens is 1. The first-order chi connectivity index (χ1) is 15.3. The number of rotatable bonds is 5. The number of likely N-dealkylation sites (tertiary alicyclic amines) is 1. The minimum atomic E-state index is -0.793. The van der Waals surface area contributed by atoms with E-state index in [0.717, 1.165) is 12.1 Å². The summed E-state index contributed by atoms with van der Waals surface area (Å²) >= 11 is 5.69. The molecule has 2 saturated heterocycles. The molecule has 1 aromatic heterocycles. The Balaban J connectivity index is 1.59. The quantitative estimate of drug-likeness (QED) is 0.684. The normalized spacial score (nSPS) is 21.8. The third kappa shape index (κ3) is 4.34. The second-order valence-corrected chi connectivity index (χ2v) is 8.82. The summed E-state index contributed by atoms with van der Waals surface area (Å²) in [4.78, 5) is 32.2. The first-order valence-corrected chi connectivity index (χ1v) is 10.9. The van der Waals surface area contributed by atoms with E-state index in [1.54, 1.807) is 30.2 Å². The second-order valence-electron chi connectivity index (χ2n) is 8.41. The fourth-order valence-corrected chi connectivity index (χ4v) is 4.48. The average molecular weight is 464 g/mol. The van der Waals surface area contributed by atoms with Crippen molar-refractivity contribution in [2.45, 2.75) is 44.8 Å². The van der Waals surface area contributed by atoms with Crippen LogP contribution < -0.4 is 5.32 Å². The highest BCUT2D eigenvalue weighted by Crippen LogP contribution is 2.33. The molecule has 0 radical (unpaired) electrons. The molecule has 1 N–H and O–H groups in total.